The Morgan fingerprint density at radius 1 is 1.44 bits per heavy atom. The van der Waals surface area contributed by atoms with Crippen molar-refractivity contribution in [2.75, 3.05) is 7.11 Å². The molecule has 0 aromatic carbocycles. The number of carbonyl (C=O) groups is 1. The highest BCUT2D eigenvalue weighted by Gasteiger charge is 2.33. The van der Waals surface area contributed by atoms with Crippen LogP contribution < -0.4 is 0 Å². The van der Waals surface area contributed by atoms with Crippen LogP contribution in [-0.4, -0.2) is 27.7 Å². The minimum Gasteiger partial charge on any atom is -0.464 e. The number of rotatable bonds is 2. The van der Waals surface area contributed by atoms with E-state index >= 15 is 0 Å². The summed E-state index contributed by atoms with van der Waals surface area (Å²) in [6.07, 6.45) is 3.82. The van der Waals surface area contributed by atoms with Gasteiger partial charge in [-0.1, -0.05) is 13.8 Å². The molecule has 2 aromatic heterocycles. The number of methoxy groups -OCH3 is 1. The van der Waals surface area contributed by atoms with Crippen molar-refractivity contribution in [3.8, 4) is 0 Å². The molecule has 2 heterocycles. The maximum Gasteiger partial charge on any atom is 0.358 e. The zero-order valence-corrected chi connectivity index (χ0v) is 10.9. The number of hydrogen-bond acceptors (Lipinski definition) is 4. The van der Waals surface area contributed by atoms with Crippen LogP contribution in [0.3, 0.4) is 0 Å². The van der Waals surface area contributed by atoms with E-state index in [1.807, 2.05) is 19.9 Å². The summed E-state index contributed by atoms with van der Waals surface area (Å²) in [7, 11) is 1.38. The summed E-state index contributed by atoms with van der Waals surface area (Å²) in [5.41, 5.74) is 2.00. The van der Waals surface area contributed by atoms with Crippen LogP contribution in [0.25, 0.3) is 5.65 Å². The normalized spacial score (nSPS) is 13.9. The molecular weight excluding hydrogens is 230 g/mol. The minimum absolute atomic E-state index is 0.368. The first-order valence-corrected chi connectivity index (χ1v) is 6.23. The molecule has 0 saturated heterocycles. The van der Waals surface area contributed by atoms with Crippen molar-refractivity contribution in [1.82, 2.24) is 14.6 Å². The number of ether oxygens (including phenoxy) is 1. The average molecular weight is 247 g/mol. The smallest absolute Gasteiger partial charge is 0.358 e. The van der Waals surface area contributed by atoms with Crippen molar-refractivity contribution < 1.29 is 9.53 Å². The van der Waals surface area contributed by atoms with Gasteiger partial charge in [-0.25, -0.2) is 14.3 Å². The van der Waals surface area contributed by atoms with E-state index in [4.69, 9.17) is 4.74 Å². The molecule has 0 radical (unpaired) electrons. The van der Waals surface area contributed by atoms with Crippen LogP contribution in [-0.2, 0) is 4.74 Å². The Morgan fingerprint density at radius 2 is 2.17 bits per heavy atom. The fourth-order valence-electron chi connectivity index (χ4n) is 1.83. The van der Waals surface area contributed by atoms with E-state index in [-0.39, 0.29) is 5.97 Å². The quantitative estimate of drug-likeness (QED) is 0.765. The summed E-state index contributed by atoms with van der Waals surface area (Å²) in [6.45, 7) is 4.00. The van der Waals surface area contributed by atoms with Crippen LogP contribution in [0.15, 0.2) is 18.3 Å². The zero-order valence-electron chi connectivity index (χ0n) is 10.9. The van der Waals surface area contributed by atoms with Crippen molar-refractivity contribution in [2.45, 2.75) is 32.6 Å². The number of aromatic nitrogens is 3. The second-order valence-corrected chi connectivity index (χ2v) is 3.91. The summed E-state index contributed by atoms with van der Waals surface area (Å²) >= 11 is 0. The number of nitrogens with zero attached hydrogens (tertiary/aromatic N) is 3. The summed E-state index contributed by atoms with van der Waals surface area (Å²) in [6, 6.07) is 3.64. The highest BCUT2D eigenvalue weighted by atomic mass is 16.5. The van der Waals surface area contributed by atoms with Gasteiger partial charge in [-0.05, 0) is 25.0 Å². The van der Waals surface area contributed by atoms with Crippen LogP contribution in [0.5, 0.6) is 0 Å². The van der Waals surface area contributed by atoms with E-state index in [0.29, 0.717) is 17.3 Å². The minimum atomic E-state index is -0.368. The van der Waals surface area contributed by atoms with Gasteiger partial charge in [-0.3, -0.25) is 0 Å². The molecule has 1 saturated carbocycles. The lowest BCUT2D eigenvalue weighted by Gasteiger charge is -2.00. The van der Waals surface area contributed by atoms with Gasteiger partial charge in [0.2, 0.25) is 0 Å². The summed E-state index contributed by atoms with van der Waals surface area (Å²) in [4.78, 5) is 16.2. The molecule has 0 spiro atoms. The Hall–Kier alpha value is -1.91. The third-order valence-corrected chi connectivity index (χ3v) is 2.76. The predicted octanol–water partition coefficient (Wildman–Crippen LogP) is 2.42. The maximum absolute atomic E-state index is 11.7. The van der Waals surface area contributed by atoms with Crippen LogP contribution in [0.4, 0.5) is 0 Å². The first-order valence-electron chi connectivity index (χ1n) is 6.23. The van der Waals surface area contributed by atoms with Crippen molar-refractivity contribution in [1.29, 1.82) is 0 Å². The SMILES string of the molecule is CC.COC(=O)c1c(C2CC2)nc2cccnn12. The summed E-state index contributed by atoms with van der Waals surface area (Å²) in [5.74, 6) is 0.0314. The number of esters is 1. The molecule has 0 N–H and O–H groups in total. The molecule has 0 bridgehead atoms. The molecule has 0 atom stereocenters. The van der Waals surface area contributed by atoms with Gasteiger partial charge >= 0.3 is 5.97 Å². The summed E-state index contributed by atoms with van der Waals surface area (Å²) in [5, 5.41) is 4.13. The number of carbonyl (C=O) groups excluding carboxylic acids is 1. The molecular formula is C13H17N3O2. The van der Waals surface area contributed by atoms with Crippen molar-refractivity contribution in [2.24, 2.45) is 0 Å². The van der Waals surface area contributed by atoms with E-state index in [2.05, 4.69) is 10.1 Å². The second-order valence-electron chi connectivity index (χ2n) is 3.91. The van der Waals surface area contributed by atoms with Crippen LogP contribution in [0.2, 0.25) is 0 Å². The Kier molecular flexibility index (Phi) is 3.60. The molecule has 0 amide bonds. The van der Waals surface area contributed by atoms with Crippen molar-refractivity contribution in [3.05, 3.63) is 29.7 Å². The summed E-state index contributed by atoms with van der Waals surface area (Å²) < 4.78 is 6.34. The van der Waals surface area contributed by atoms with Crippen LogP contribution in [0, 0.1) is 0 Å². The lowest BCUT2D eigenvalue weighted by Crippen LogP contribution is -2.09. The Balaban J connectivity index is 0.000000574. The predicted molar refractivity (Wildman–Crippen MR) is 67.6 cm³/mol. The fourth-order valence-corrected chi connectivity index (χ4v) is 1.83. The molecule has 1 aliphatic carbocycles. The second kappa shape index (κ2) is 5.16. The molecule has 0 aliphatic heterocycles. The monoisotopic (exact) mass is 247 g/mol. The first-order chi connectivity index (χ1) is 8.81. The standard InChI is InChI=1S/C11H11N3O2.C2H6/c1-16-11(15)10-9(7-4-5-7)13-8-3-2-6-12-14(8)10;1-2/h2-3,6-7H,4-5H2,1H3;1-2H3. The topological polar surface area (TPSA) is 56.5 Å². The largest absolute Gasteiger partial charge is 0.464 e. The van der Waals surface area contributed by atoms with Gasteiger partial charge in [-0.2, -0.15) is 5.10 Å². The van der Waals surface area contributed by atoms with Gasteiger partial charge in [0.25, 0.3) is 0 Å². The highest BCUT2D eigenvalue weighted by molar-refractivity contribution is 5.90. The first kappa shape index (κ1) is 12.5. The van der Waals surface area contributed by atoms with Gasteiger partial charge in [-0.15, -0.1) is 0 Å². The molecule has 5 heteroatoms. The van der Waals surface area contributed by atoms with Gasteiger partial charge in [0, 0.05) is 12.1 Å². The third kappa shape index (κ3) is 2.08. The molecule has 2 aromatic rings. The van der Waals surface area contributed by atoms with Gasteiger partial charge in [0.05, 0.1) is 12.8 Å². The van der Waals surface area contributed by atoms with Crippen molar-refractivity contribution in [3.63, 3.8) is 0 Å². The Bertz CT molecular complexity index is 558. The van der Waals surface area contributed by atoms with Crippen molar-refractivity contribution >= 4 is 11.6 Å². The fraction of sp³-hybridized carbons (Fsp3) is 0.462. The molecule has 1 fully saturated rings. The highest BCUT2D eigenvalue weighted by Crippen LogP contribution is 2.41. The lowest BCUT2D eigenvalue weighted by atomic mass is 10.2. The lowest BCUT2D eigenvalue weighted by molar-refractivity contribution is 0.0590. The molecule has 5 nitrogen and oxygen atoms in total. The number of imidazole rings is 1. The molecule has 3 rings (SSSR count). The van der Waals surface area contributed by atoms with Gasteiger partial charge < -0.3 is 4.74 Å². The van der Waals surface area contributed by atoms with Crippen LogP contribution >= 0.6 is 0 Å². The maximum atomic E-state index is 11.7. The average Bonchev–Trinajstić information content (AvgIpc) is 3.20. The molecule has 18 heavy (non-hydrogen) atoms. The third-order valence-electron chi connectivity index (χ3n) is 2.76. The van der Waals surface area contributed by atoms with Gasteiger partial charge in [0.15, 0.2) is 11.3 Å². The number of fused-ring (bicyclic) bond motifs is 1. The molecule has 1 aliphatic rings. The van der Waals surface area contributed by atoms with E-state index in [1.165, 1.54) is 7.11 Å². The van der Waals surface area contributed by atoms with E-state index in [1.54, 1.807) is 16.8 Å². The van der Waals surface area contributed by atoms with E-state index in [9.17, 15) is 4.79 Å². The van der Waals surface area contributed by atoms with Gasteiger partial charge in [0.1, 0.15) is 0 Å². The van der Waals surface area contributed by atoms with E-state index < -0.39 is 0 Å². The van der Waals surface area contributed by atoms with Crippen LogP contribution in [0.1, 0.15) is 48.8 Å². The Morgan fingerprint density at radius 3 is 2.78 bits per heavy atom. The Labute approximate surface area is 106 Å². The molecule has 96 valence electrons. The zero-order chi connectivity index (χ0) is 13.1. The molecule has 0 unspecified atom stereocenters. The number of hydrogen-bond donors (Lipinski definition) is 0. The van der Waals surface area contributed by atoms with E-state index in [0.717, 1.165) is 18.5 Å².